The van der Waals surface area contributed by atoms with Gasteiger partial charge in [-0.2, -0.15) is 0 Å². The van der Waals surface area contributed by atoms with E-state index in [1.54, 1.807) is 0 Å². The van der Waals surface area contributed by atoms with E-state index in [0.717, 1.165) is 30.8 Å². The fourth-order valence-electron chi connectivity index (χ4n) is 2.61. The third-order valence-corrected chi connectivity index (χ3v) is 3.61. The number of nitrogens with one attached hydrogen (secondary N) is 1. The van der Waals surface area contributed by atoms with E-state index in [1.807, 2.05) is 6.20 Å². The summed E-state index contributed by atoms with van der Waals surface area (Å²) in [7, 11) is 0. The van der Waals surface area contributed by atoms with E-state index in [0.29, 0.717) is 5.92 Å². The smallest absolute Gasteiger partial charge is 0.144 e. The fourth-order valence-corrected chi connectivity index (χ4v) is 2.61. The molecule has 0 radical (unpaired) electrons. The number of aryl methyl sites for hydroxylation is 1. The number of hydrogen-bond donors (Lipinski definition) is 1. The highest BCUT2D eigenvalue weighted by Crippen LogP contribution is 2.27. The topological polar surface area (TPSA) is 38.1 Å². The summed E-state index contributed by atoms with van der Waals surface area (Å²) < 4.78 is 5.44. The van der Waals surface area contributed by atoms with Gasteiger partial charge in [0.1, 0.15) is 5.76 Å². The van der Waals surface area contributed by atoms with E-state index in [4.69, 9.17) is 4.52 Å². The van der Waals surface area contributed by atoms with Crippen molar-refractivity contribution < 1.29 is 4.52 Å². The number of nitrogens with zero attached hydrogens (tertiary/aromatic N) is 1. The van der Waals surface area contributed by atoms with Crippen molar-refractivity contribution in [2.45, 2.75) is 19.8 Å². The van der Waals surface area contributed by atoms with Gasteiger partial charge >= 0.3 is 0 Å². The van der Waals surface area contributed by atoms with Crippen LogP contribution in [0.3, 0.4) is 0 Å². The highest BCUT2D eigenvalue weighted by molar-refractivity contribution is 5.65. The van der Waals surface area contributed by atoms with Gasteiger partial charge in [-0.15, -0.1) is 0 Å². The molecule has 0 spiro atoms. The second-order valence-corrected chi connectivity index (χ2v) is 5.10. The average Bonchev–Trinajstić information content (AvgIpc) is 3.01. The van der Waals surface area contributed by atoms with Crippen molar-refractivity contribution in [2.75, 3.05) is 13.1 Å². The van der Waals surface area contributed by atoms with Crippen LogP contribution in [0.2, 0.25) is 0 Å². The summed E-state index contributed by atoms with van der Waals surface area (Å²) in [6, 6.07) is 8.50. The van der Waals surface area contributed by atoms with Crippen LogP contribution in [0.5, 0.6) is 0 Å². The highest BCUT2D eigenvalue weighted by atomic mass is 16.5. The van der Waals surface area contributed by atoms with Crippen molar-refractivity contribution in [1.82, 2.24) is 10.5 Å². The van der Waals surface area contributed by atoms with Gasteiger partial charge in [-0.3, -0.25) is 0 Å². The molecule has 2 heterocycles. The second kappa shape index (κ2) is 4.94. The van der Waals surface area contributed by atoms with Crippen molar-refractivity contribution in [1.29, 1.82) is 0 Å². The molecule has 2 aromatic rings. The molecule has 3 nitrogen and oxygen atoms in total. The van der Waals surface area contributed by atoms with Gasteiger partial charge in [0.2, 0.25) is 0 Å². The molecule has 1 saturated heterocycles. The summed E-state index contributed by atoms with van der Waals surface area (Å²) in [6.45, 7) is 4.32. The molecule has 1 atom stereocenters. The van der Waals surface area contributed by atoms with Crippen molar-refractivity contribution in [2.24, 2.45) is 5.92 Å². The van der Waals surface area contributed by atoms with Crippen molar-refractivity contribution in [3.63, 3.8) is 0 Å². The van der Waals surface area contributed by atoms with Crippen LogP contribution < -0.4 is 5.32 Å². The van der Waals surface area contributed by atoms with Gasteiger partial charge in [0.15, 0.2) is 0 Å². The molecular weight excluding hydrogens is 224 g/mol. The standard InChI is InChI=1S/C15H18N2O/c1-11-3-2-4-13(7-11)14-10-17-18-15(14)8-12-5-6-16-9-12/h2-4,7,10,12,16H,5-6,8-9H2,1H3. The van der Waals surface area contributed by atoms with Crippen LogP contribution in [0.4, 0.5) is 0 Å². The Balaban J connectivity index is 1.86. The maximum atomic E-state index is 5.44. The van der Waals surface area contributed by atoms with E-state index < -0.39 is 0 Å². The Morgan fingerprint density at radius 1 is 1.44 bits per heavy atom. The molecule has 1 aromatic carbocycles. The van der Waals surface area contributed by atoms with Crippen LogP contribution in [0.15, 0.2) is 35.0 Å². The van der Waals surface area contributed by atoms with Gasteiger partial charge in [-0.1, -0.05) is 35.0 Å². The van der Waals surface area contributed by atoms with Crippen molar-refractivity contribution in [3.05, 3.63) is 41.8 Å². The van der Waals surface area contributed by atoms with Gasteiger partial charge in [0.05, 0.1) is 6.20 Å². The Morgan fingerprint density at radius 3 is 3.17 bits per heavy atom. The van der Waals surface area contributed by atoms with E-state index in [-0.39, 0.29) is 0 Å². The monoisotopic (exact) mass is 242 g/mol. The van der Waals surface area contributed by atoms with Crippen LogP contribution >= 0.6 is 0 Å². The number of aromatic nitrogens is 1. The molecule has 1 N–H and O–H groups in total. The van der Waals surface area contributed by atoms with Crippen LogP contribution in [0.25, 0.3) is 11.1 Å². The number of rotatable bonds is 3. The average molecular weight is 242 g/mol. The van der Waals surface area contributed by atoms with Gasteiger partial charge in [-0.05, 0) is 37.9 Å². The molecule has 1 unspecified atom stereocenters. The Labute approximate surface area is 107 Å². The van der Waals surface area contributed by atoms with Gasteiger partial charge < -0.3 is 9.84 Å². The SMILES string of the molecule is Cc1cccc(-c2cnoc2CC2CCNC2)c1. The fraction of sp³-hybridized carbons (Fsp3) is 0.400. The Hall–Kier alpha value is -1.61. The first-order valence-electron chi connectivity index (χ1n) is 6.54. The third-order valence-electron chi connectivity index (χ3n) is 3.61. The summed E-state index contributed by atoms with van der Waals surface area (Å²) >= 11 is 0. The molecule has 0 aliphatic carbocycles. The zero-order chi connectivity index (χ0) is 12.4. The Kier molecular flexibility index (Phi) is 3.15. The number of hydrogen-bond acceptors (Lipinski definition) is 3. The lowest BCUT2D eigenvalue weighted by Crippen LogP contribution is -2.10. The number of benzene rings is 1. The van der Waals surface area contributed by atoms with E-state index in [1.165, 1.54) is 17.5 Å². The van der Waals surface area contributed by atoms with Gasteiger partial charge in [0.25, 0.3) is 0 Å². The maximum absolute atomic E-state index is 5.44. The minimum atomic E-state index is 0.682. The molecule has 0 saturated carbocycles. The molecular formula is C15H18N2O. The summed E-state index contributed by atoms with van der Waals surface area (Å²) in [5.74, 6) is 1.70. The quantitative estimate of drug-likeness (QED) is 0.899. The summed E-state index contributed by atoms with van der Waals surface area (Å²) in [5, 5.41) is 7.37. The first kappa shape index (κ1) is 11.5. The van der Waals surface area contributed by atoms with Crippen LogP contribution in [0.1, 0.15) is 17.7 Å². The third kappa shape index (κ3) is 2.31. The first-order chi connectivity index (χ1) is 8.83. The molecule has 1 aliphatic rings. The molecule has 3 rings (SSSR count). The zero-order valence-electron chi connectivity index (χ0n) is 10.6. The van der Waals surface area contributed by atoms with Gasteiger partial charge in [-0.25, -0.2) is 0 Å². The largest absolute Gasteiger partial charge is 0.361 e. The first-order valence-corrected chi connectivity index (χ1v) is 6.54. The Morgan fingerprint density at radius 2 is 2.39 bits per heavy atom. The van der Waals surface area contributed by atoms with E-state index in [2.05, 4.69) is 41.7 Å². The normalized spacial score (nSPS) is 19.3. The van der Waals surface area contributed by atoms with Gasteiger partial charge in [0, 0.05) is 12.0 Å². The van der Waals surface area contributed by atoms with Crippen LogP contribution in [0, 0.1) is 12.8 Å². The van der Waals surface area contributed by atoms with E-state index >= 15 is 0 Å². The zero-order valence-corrected chi connectivity index (χ0v) is 10.6. The molecule has 94 valence electrons. The molecule has 1 fully saturated rings. The summed E-state index contributed by atoms with van der Waals surface area (Å²) in [6.07, 6.45) is 4.05. The van der Waals surface area contributed by atoms with Crippen molar-refractivity contribution in [3.8, 4) is 11.1 Å². The minimum absolute atomic E-state index is 0.682. The lowest BCUT2D eigenvalue weighted by Gasteiger charge is -2.07. The lowest BCUT2D eigenvalue weighted by molar-refractivity contribution is 0.364. The Bertz CT molecular complexity index is 527. The predicted molar refractivity (Wildman–Crippen MR) is 71.4 cm³/mol. The van der Waals surface area contributed by atoms with Crippen LogP contribution in [-0.4, -0.2) is 18.2 Å². The summed E-state index contributed by atoms with van der Waals surface area (Å²) in [4.78, 5) is 0. The van der Waals surface area contributed by atoms with E-state index in [9.17, 15) is 0 Å². The lowest BCUT2D eigenvalue weighted by atomic mass is 9.97. The molecule has 0 bridgehead atoms. The molecule has 1 aromatic heterocycles. The summed E-state index contributed by atoms with van der Waals surface area (Å²) in [5.41, 5.74) is 3.62. The van der Waals surface area contributed by atoms with Crippen LogP contribution in [-0.2, 0) is 6.42 Å². The molecule has 18 heavy (non-hydrogen) atoms. The maximum Gasteiger partial charge on any atom is 0.144 e. The minimum Gasteiger partial charge on any atom is -0.361 e. The molecule has 1 aliphatic heterocycles. The van der Waals surface area contributed by atoms with Crippen molar-refractivity contribution >= 4 is 0 Å². The molecule has 3 heteroatoms. The highest BCUT2D eigenvalue weighted by Gasteiger charge is 2.19. The predicted octanol–water partition coefficient (Wildman–Crippen LogP) is 2.80. The molecule has 0 amide bonds. The second-order valence-electron chi connectivity index (χ2n) is 5.10.